The van der Waals surface area contributed by atoms with E-state index >= 15 is 0 Å². The van der Waals surface area contributed by atoms with Crippen LogP contribution in [-0.2, 0) is 13.2 Å². The summed E-state index contributed by atoms with van der Waals surface area (Å²) in [4.78, 5) is 0. The number of hydrogen-bond acceptors (Lipinski definition) is 2. The van der Waals surface area contributed by atoms with Crippen LogP contribution in [0.3, 0.4) is 0 Å². The molecule has 0 aliphatic rings. The Kier molecular flexibility index (Phi) is 4.35. The van der Waals surface area contributed by atoms with E-state index in [1.165, 1.54) is 30.3 Å². The number of nitrogens with two attached hydrogens (primary N) is 1. The van der Waals surface area contributed by atoms with Crippen LogP contribution in [0.5, 0.6) is 5.75 Å². The fraction of sp³-hybridized carbons (Fsp3) is 0.143. The van der Waals surface area contributed by atoms with Gasteiger partial charge in [0.25, 0.3) is 0 Å². The van der Waals surface area contributed by atoms with Gasteiger partial charge in [0.15, 0.2) is 11.6 Å². The molecule has 0 aliphatic carbocycles. The van der Waals surface area contributed by atoms with Gasteiger partial charge in [-0.3, -0.25) is 0 Å². The molecule has 100 valence electrons. The molecule has 2 N–H and O–H groups in total. The quantitative estimate of drug-likeness (QED) is 0.929. The molecule has 0 heterocycles. The van der Waals surface area contributed by atoms with Gasteiger partial charge < -0.3 is 10.5 Å². The van der Waals surface area contributed by atoms with Crippen LogP contribution in [0.15, 0.2) is 36.4 Å². The summed E-state index contributed by atoms with van der Waals surface area (Å²) in [5, 5.41) is 0.176. The molecule has 2 nitrogen and oxygen atoms in total. The Hall–Kier alpha value is -1.65. The first-order chi connectivity index (χ1) is 9.10. The third-order valence-electron chi connectivity index (χ3n) is 2.56. The number of benzene rings is 2. The minimum absolute atomic E-state index is 0.0193. The highest BCUT2D eigenvalue weighted by molar-refractivity contribution is 6.32. The van der Waals surface area contributed by atoms with E-state index in [0.717, 1.165) is 0 Å². The molecule has 0 unspecified atom stereocenters. The summed E-state index contributed by atoms with van der Waals surface area (Å²) in [6.45, 7) is 0.247. The van der Waals surface area contributed by atoms with Crippen LogP contribution in [0.1, 0.15) is 11.1 Å². The summed E-state index contributed by atoms with van der Waals surface area (Å²) >= 11 is 5.83. The maximum atomic E-state index is 13.5. The Morgan fingerprint density at radius 1 is 1.11 bits per heavy atom. The molecule has 2 aromatic rings. The van der Waals surface area contributed by atoms with Crippen LogP contribution in [-0.4, -0.2) is 0 Å². The van der Waals surface area contributed by atoms with Gasteiger partial charge in [-0.05, 0) is 35.4 Å². The van der Waals surface area contributed by atoms with Crippen molar-refractivity contribution in [3.8, 4) is 5.75 Å². The van der Waals surface area contributed by atoms with E-state index in [1.54, 1.807) is 6.07 Å². The number of halogens is 3. The summed E-state index contributed by atoms with van der Waals surface area (Å²) in [5.41, 5.74) is 6.67. The molecule has 5 heteroatoms. The SMILES string of the molecule is NCc1cc(F)cc(COc2c(F)cccc2Cl)c1. The third-order valence-corrected chi connectivity index (χ3v) is 2.85. The Morgan fingerprint density at radius 2 is 1.84 bits per heavy atom. The van der Waals surface area contributed by atoms with E-state index in [9.17, 15) is 8.78 Å². The second kappa shape index (κ2) is 5.99. The highest BCUT2D eigenvalue weighted by Gasteiger charge is 2.09. The van der Waals surface area contributed by atoms with Crippen LogP contribution in [0.2, 0.25) is 5.02 Å². The first-order valence-corrected chi connectivity index (χ1v) is 6.03. The molecule has 0 aliphatic heterocycles. The summed E-state index contributed by atoms with van der Waals surface area (Å²) in [6, 6.07) is 8.62. The van der Waals surface area contributed by atoms with Crippen LogP contribution < -0.4 is 10.5 Å². The number of para-hydroxylation sites is 1. The third kappa shape index (κ3) is 3.43. The van der Waals surface area contributed by atoms with E-state index in [2.05, 4.69) is 0 Å². The zero-order valence-electron chi connectivity index (χ0n) is 10.00. The lowest BCUT2D eigenvalue weighted by Crippen LogP contribution is -2.02. The largest absolute Gasteiger partial charge is 0.484 e. The van der Waals surface area contributed by atoms with Gasteiger partial charge >= 0.3 is 0 Å². The van der Waals surface area contributed by atoms with Crippen molar-refractivity contribution in [3.63, 3.8) is 0 Å². The zero-order valence-corrected chi connectivity index (χ0v) is 10.8. The molecular formula is C14H12ClF2NO. The highest BCUT2D eigenvalue weighted by Crippen LogP contribution is 2.28. The molecule has 0 saturated heterocycles. The Bertz CT molecular complexity index is 569. The molecule has 19 heavy (non-hydrogen) atoms. The van der Waals surface area contributed by atoms with Gasteiger partial charge in [-0.25, -0.2) is 8.78 Å². The average molecular weight is 284 g/mol. The van der Waals surface area contributed by atoms with Crippen LogP contribution >= 0.6 is 11.6 Å². The Labute approximate surface area is 114 Å². The standard InChI is InChI=1S/C14H12ClF2NO/c15-12-2-1-3-13(17)14(12)19-8-10-4-9(7-18)5-11(16)6-10/h1-6H,7-8,18H2. The minimum atomic E-state index is -0.553. The second-order valence-corrected chi connectivity index (χ2v) is 4.42. The van der Waals surface area contributed by atoms with Crippen molar-refractivity contribution >= 4 is 11.6 Å². The first-order valence-electron chi connectivity index (χ1n) is 5.65. The summed E-state index contributed by atoms with van der Waals surface area (Å²) < 4.78 is 32.1. The van der Waals surface area contributed by atoms with Gasteiger partial charge in [0.2, 0.25) is 0 Å². The second-order valence-electron chi connectivity index (χ2n) is 4.01. The number of ether oxygens (including phenoxy) is 1. The molecule has 0 radical (unpaired) electrons. The Morgan fingerprint density at radius 3 is 2.53 bits per heavy atom. The Balaban J connectivity index is 2.16. The van der Waals surface area contributed by atoms with Crippen molar-refractivity contribution < 1.29 is 13.5 Å². The van der Waals surface area contributed by atoms with Gasteiger partial charge in [-0.15, -0.1) is 0 Å². The van der Waals surface area contributed by atoms with Crippen molar-refractivity contribution in [1.82, 2.24) is 0 Å². The van der Waals surface area contributed by atoms with Gasteiger partial charge in [0.05, 0.1) is 5.02 Å². The van der Waals surface area contributed by atoms with E-state index in [-0.39, 0.29) is 23.9 Å². The molecule has 0 bridgehead atoms. The van der Waals surface area contributed by atoms with E-state index in [1.807, 2.05) is 0 Å². The van der Waals surface area contributed by atoms with Gasteiger partial charge in [0, 0.05) is 6.54 Å². The summed E-state index contributed by atoms with van der Waals surface area (Å²) in [6.07, 6.45) is 0. The zero-order chi connectivity index (χ0) is 13.8. The molecule has 0 atom stereocenters. The smallest absolute Gasteiger partial charge is 0.174 e. The maximum absolute atomic E-state index is 13.5. The van der Waals surface area contributed by atoms with Crippen molar-refractivity contribution in [2.45, 2.75) is 13.2 Å². The van der Waals surface area contributed by atoms with Crippen LogP contribution in [0, 0.1) is 11.6 Å². The summed E-state index contributed by atoms with van der Waals surface area (Å²) in [5.74, 6) is -0.994. The van der Waals surface area contributed by atoms with E-state index in [4.69, 9.17) is 22.1 Å². The van der Waals surface area contributed by atoms with Crippen molar-refractivity contribution in [2.24, 2.45) is 5.73 Å². The van der Waals surface area contributed by atoms with Crippen LogP contribution in [0.4, 0.5) is 8.78 Å². The predicted octanol–water partition coefficient (Wildman–Crippen LogP) is 3.66. The molecule has 0 amide bonds. The normalized spacial score (nSPS) is 10.5. The number of rotatable bonds is 4. The van der Waals surface area contributed by atoms with Crippen molar-refractivity contribution in [2.75, 3.05) is 0 Å². The molecular weight excluding hydrogens is 272 g/mol. The monoisotopic (exact) mass is 283 g/mol. The molecule has 0 aromatic heterocycles. The van der Waals surface area contributed by atoms with Crippen LogP contribution in [0.25, 0.3) is 0 Å². The van der Waals surface area contributed by atoms with Gasteiger partial charge in [-0.1, -0.05) is 23.7 Å². The van der Waals surface area contributed by atoms with E-state index < -0.39 is 11.6 Å². The van der Waals surface area contributed by atoms with Gasteiger partial charge in [0.1, 0.15) is 12.4 Å². The maximum Gasteiger partial charge on any atom is 0.174 e. The average Bonchev–Trinajstić information content (AvgIpc) is 2.37. The van der Waals surface area contributed by atoms with Crippen molar-refractivity contribution in [3.05, 3.63) is 64.2 Å². The highest BCUT2D eigenvalue weighted by atomic mass is 35.5. The molecule has 2 aromatic carbocycles. The lowest BCUT2D eigenvalue weighted by Gasteiger charge is -2.10. The predicted molar refractivity (Wildman–Crippen MR) is 70.0 cm³/mol. The first kappa shape index (κ1) is 13.8. The topological polar surface area (TPSA) is 35.2 Å². The molecule has 2 rings (SSSR count). The molecule has 0 saturated carbocycles. The lowest BCUT2D eigenvalue weighted by atomic mass is 10.1. The molecule has 0 spiro atoms. The minimum Gasteiger partial charge on any atom is -0.484 e. The lowest BCUT2D eigenvalue weighted by molar-refractivity contribution is 0.290. The van der Waals surface area contributed by atoms with Gasteiger partial charge in [-0.2, -0.15) is 0 Å². The fourth-order valence-corrected chi connectivity index (χ4v) is 1.91. The fourth-order valence-electron chi connectivity index (χ4n) is 1.69. The summed E-state index contributed by atoms with van der Waals surface area (Å²) in [7, 11) is 0. The van der Waals surface area contributed by atoms with E-state index in [0.29, 0.717) is 11.1 Å². The molecule has 0 fully saturated rings. The number of hydrogen-bond donors (Lipinski definition) is 1. The van der Waals surface area contributed by atoms with Crippen molar-refractivity contribution in [1.29, 1.82) is 0 Å².